The van der Waals surface area contributed by atoms with Crippen LogP contribution in [0.2, 0.25) is 0 Å². The van der Waals surface area contributed by atoms with Gasteiger partial charge >= 0.3 is 0 Å². The zero-order valence-electron chi connectivity index (χ0n) is 14.9. The SMILES string of the molecule is COc1ccc(OCCCN)c(C(=O)NCc2nc3ccc(F)cc3[nH]2)c1. The number of aromatic nitrogens is 2. The van der Waals surface area contributed by atoms with Crippen LogP contribution >= 0.6 is 0 Å². The van der Waals surface area contributed by atoms with Crippen molar-refractivity contribution in [2.24, 2.45) is 5.73 Å². The highest BCUT2D eigenvalue weighted by Crippen LogP contribution is 2.24. The average Bonchev–Trinajstić information content (AvgIpc) is 3.08. The lowest BCUT2D eigenvalue weighted by molar-refractivity contribution is 0.0945. The molecule has 1 heterocycles. The molecule has 4 N–H and O–H groups in total. The van der Waals surface area contributed by atoms with Crippen LogP contribution in [0.4, 0.5) is 4.39 Å². The number of carbonyl (C=O) groups excluding carboxylic acids is 1. The number of hydrogen-bond acceptors (Lipinski definition) is 5. The van der Waals surface area contributed by atoms with E-state index in [1.54, 1.807) is 24.3 Å². The minimum atomic E-state index is -0.350. The Morgan fingerprint density at radius 1 is 1.30 bits per heavy atom. The van der Waals surface area contributed by atoms with Gasteiger partial charge in [-0.05, 0) is 49.4 Å². The van der Waals surface area contributed by atoms with Crippen LogP contribution in [-0.4, -0.2) is 36.1 Å². The first-order valence-electron chi connectivity index (χ1n) is 8.54. The highest BCUT2D eigenvalue weighted by molar-refractivity contribution is 5.97. The molecule has 27 heavy (non-hydrogen) atoms. The molecule has 1 amide bonds. The van der Waals surface area contributed by atoms with Gasteiger partial charge in [0.25, 0.3) is 5.91 Å². The Morgan fingerprint density at radius 3 is 2.93 bits per heavy atom. The summed E-state index contributed by atoms with van der Waals surface area (Å²) in [5.41, 5.74) is 7.04. The van der Waals surface area contributed by atoms with E-state index < -0.39 is 0 Å². The molecular weight excluding hydrogens is 351 g/mol. The molecule has 0 aliphatic rings. The maximum atomic E-state index is 13.3. The maximum Gasteiger partial charge on any atom is 0.255 e. The summed E-state index contributed by atoms with van der Waals surface area (Å²) in [5, 5.41) is 2.79. The molecule has 0 radical (unpaired) electrons. The van der Waals surface area contributed by atoms with Crippen LogP contribution in [0.25, 0.3) is 11.0 Å². The van der Waals surface area contributed by atoms with E-state index in [1.807, 2.05) is 0 Å². The molecule has 0 saturated carbocycles. The number of carbonyl (C=O) groups is 1. The van der Waals surface area contributed by atoms with Gasteiger partial charge in [-0.25, -0.2) is 9.37 Å². The van der Waals surface area contributed by atoms with E-state index in [4.69, 9.17) is 15.2 Å². The topological polar surface area (TPSA) is 102 Å². The number of nitrogens with one attached hydrogen (secondary N) is 2. The van der Waals surface area contributed by atoms with E-state index in [9.17, 15) is 9.18 Å². The van der Waals surface area contributed by atoms with E-state index in [2.05, 4.69) is 15.3 Å². The van der Waals surface area contributed by atoms with E-state index in [-0.39, 0.29) is 18.3 Å². The van der Waals surface area contributed by atoms with E-state index in [0.717, 1.165) is 0 Å². The Labute approximate surface area is 155 Å². The molecular formula is C19H21FN4O3. The number of nitrogens with zero attached hydrogens (tertiary/aromatic N) is 1. The van der Waals surface area contributed by atoms with Crippen LogP contribution in [-0.2, 0) is 6.54 Å². The molecule has 3 aromatic rings. The van der Waals surface area contributed by atoms with E-state index in [0.29, 0.717) is 53.5 Å². The van der Waals surface area contributed by atoms with Gasteiger partial charge in [-0.2, -0.15) is 0 Å². The second kappa shape index (κ2) is 8.50. The van der Waals surface area contributed by atoms with Crippen molar-refractivity contribution >= 4 is 16.9 Å². The molecule has 142 valence electrons. The number of rotatable bonds is 8. The number of hydrogen-bond donors (Lipinski definition) is 3. The number of amides is 1. The molecule has 7 nitrogen and oxygen atoms in total. The first kappa shape index (κ1) is 18.7. The average molecular weight is 372 g/mol. The van der Waals surface area contributed by atoms with Crippen molar-refractivity contribution in [1.29, 1.82) is 0 Å². The van der Waals surface area contributed by atoms with Gasteiger partial charge in [-0.15, -0.1) is 0 Å². The van der Waals surface area contributed by atoms with Gasteiger partial charge in [0, 0.05) is 0 Å². The largest absolute Gasteiger partial charge is 0.497 e. The van der Waals surface area contributed by atoms with Gasteiger partial charge in [-0.1, -0.05) is 0 Å². The van der Waals surface area contributed by atoms with Crippen molar-refractivity contribution in [2.45, 2.75) is 13.0 Å². The predicted molar refractivity (Wildman–Crippen MR) is 99.4 cm³/mol. The summed E-state index contributed by atoms with van der Waals surface area (Å²) in [5.74, 6) is 0.845. The predicted octanol–water partition coefficient (Wildman–Crippen LogP) is 2.37. The number of fused-ring (bicyclic) bond motifs is 1. The van der Waals surface area contributed by atoms with Crippen LogP contribution in [0.15, 0.2) is 36.4 Å². The fourth-order valence-corrected chi connectivity index (χ4v) is 2.58. The maximum absolute atomic E-state index is 13.3. The van der Waals surface area contributed by atoms with Gasteiger partial charge in [0.2, 0.25) is 0 Å². The molecule has 0 atom stereocenters. The number of nitrogens with two attached hydrogens (primary N) is 1. The molecule has 0 bridgehead atoms. The monoisotopic (exact) mass is 372 g/mol. The molecule has 0 unspecified atom stereocenters. The van der Waals surface area contributed by atoms with Crippen molar-refractivity contribution in [3.05, 3.63) is 53.6 Å². The van der Waals surface area contributed by atoms with Crippen LogP contribution in [0.1, 0.15) is 22.6 Å². The van der Waals surface area contributed by atoms with Gasteiger partial charge in [0.05, 0.1) is 36.9 Å². The number of imidazole rings is 1. The third-order valence-corrected chi connectivity index (χ3v) is 3.95. The molecule has 0 aliphatic carbocycles. The number of ether oxygens (including phenoxy) is 2. The van der Waals surface area contributed by atoms with Crippen LogP contribution in [0.5, 0.6) is 11.5 Å². The van der Waals surface area contributed by atoms with Crippen molar-refractivity contribution < 1.29 is 18.7 Å². The molecule has 1 aromatic heterocycles. The summed E-state index contributed by atoms with van der Waals surface area (Å²) in [7, 11) is 1.53. The van der Waals surface area contributed by atoms with Gasteiger partial charge < -0.3 is 25.5 Å². The number of aromatic amines is 1. The summed E-state index contributed by atoms with van der Waals surface area (Å²) in [4.78, 5) is 20.0. The van der Waals surface area contributed by atoms with E-state index >= 15 is 0 Å². The van der Waals surface area contributed by atoms with Gasteiger partial charge in [-0.3, -0.25) is 4.79 Å². The summed E-state index contributed by atoms with van der Waals surface area (Å²) in [6.07, 6.45) is 0.683. The number of halogens is 1. The summed E-state index contributed by atoms with van der Waals surface area (Å²) < 4.78 is 24.1. The first-order chi connectivity index (χ1) is 13.1. The van der Waals surface area contributed by atoms with Crippen molar-refractivity contribution in [2.75, 3.05) is 20.3 Å². The molecule has 0 aliphatic heterocycles. The molecule has 0 saturated heterocycles. The smallest absolute Gasteiger partial charge is 0.255 e. The molecule has 3 rings (SSSR count). The van der Waals surface area contributed by atoms with Crippen molar-refractivity contribution in [3.8, 4) is 11.5 Å². The Kier molecular flexibility index (Phi) is 5.87. The fraction of sp³-hybridized carbons (Fsp3) is 0.263. The third-order valence-electron chi connectivity index (χ3n) is 3.95. The minimum absolute atomic E-state index is 0.161. The van der Waals surface area contributed by atoms with E-state index in [1.165, 1.54) is 19.2 Å². The highest BCUT2D eigenvalue weighted by atomic mass is 19.1. The number of benzene rings is 2. The van der Waals surface area contributed by atoms with Crippen molar-refractivity contribution in [3.63, 3.8) is 0 Å². The second-order valence-electron chi connectivity index (χ2n) is 5.88. The number of methoxy groups -OCH3 is 1. The summed E-state index contributed by atoms with van der Waals surface area (Å²) in [6.45, 7) is 1.08. The quantitative estimate of drug-likeness (QED) is 0.527. The fourth-order valence-electron chi connectivity index (χ4n) is 2.58. The summed E-state index contributed by atoms with van der Waals surface area (Å²) in [6, 6.07) is 9.31. The van der Waals surface area contributed by atoms with Crippen molar-refractivity contribution in [1.82, 2.24) is 15.3 Å². The summed E-state index contributed by atoms with van der Waals surface area (Å²) >= 11 is 0. The third kappa shape index (κ3) is 4.53. The Hall–Kier alpha value is -3.13. The van der Waals surface area contributed by atoms with Crippen LogP contribution < -0.4 is 20.5 Å². The minimum Gasteiger partial charge on any atom is -0.497 e. The normalized spacial score (nSPS) is 10.8. The van der Waals surface area contributed by atoms with Gasteiger partial charge in [0.15, 0.2) is 0 Å². The molecule has 2 aromatic carbocycles. The lowest BCUT2D eigenvalue weighted by Crippen LogP contribution is -2.24. The lowest BCUT2D eigenvalue weighted by atomic mass is 10.1. The van der Waals surface area contributed by atoms with Gasteiger partial charge in [0.1, 0.15) is 23.1 Å². The first-order valence-corrected chi connectivity index (χ1v) is 8.54. The molecule has 8 heteroatoms. The Morgan fingerprint density at radius 2 is 2.15 bits per heavy atom. The zero-order chi connectivity index (χ0) is 19.2. The molecule has 0 spiro atoms. The number of H-pyrrole nitrogens is 1. The second-order valence-corrected chi connectivity index (χ2v) is 5.88. The standard InChI is InChI=1S/C19H21FN4O3/c1-26-13-4-6-17(27-8-2-7-21)14(10-13)19(25)22-11-18-23-15-5-3-12(20)9-16(15)24-18/h3-6,9-10H,2,7-8,11,21H2,1H3,(H,22,25)(H,23,24). The molecule has 0 fully saturated rings. The highest BCUT2D eigenvalue weighted by Gasteiger charge is 2.15. The lowest BCUT2D eigenvalue weighted by Gasteiger charge is -2.12. The van der Waals surface area contributed by atoms with Crippen LogP contribution in [0, 0.1) is 5.82 Å². The zero-order valence-corrected chi connectivity index (χ0v) is 14.9. The van der Waals surface area contributed by atoms with Crippen LogP contribution in [0.3, 0.4) is 0 Å². The Bertz CT molecular complexity index is 942. The Balaban J connectivity index is 1.73.